The molecule has 0 aliphatic heterocycles. The summed E-state index contributed by atoms with van der Waals surface area (Å²) in [4.78, 5) is 21.4. The first kappa shape index (κ1) is 13.5. The van der Waals surface area contributed by atoms with Gasteiger partial charge in [-0.1, -0.05) is 6.58 Å². The van der Waals surface area contributed by atoms with E-state index in [0.717, 1.165) is 6.08 Å². The predicted octanol–water partition coefficient (Wildman–Crippen LogP) is 1.24. The van der Waals surface area contributed by atoms with Gasteiger partial charge in [-0.25, -0.2) is 9.59 Å². The summed E-state index contributed by atoms with van der Waals surface area (Å²) in [5.74, 6) is -0.431. The maximum absolute atomic E-state index is 10.8. The van der Waals surface area contributed by atoms with E-state index >= 15 is 0 Å². The summed E-state index contributed by atoms with van der Waals surface area (Å²) in [6.45, 7) is 6.29. The summed E-state index contributed by atoms with van der Waals surface area (Å²) in [6.07, 6.45) is 2.03. The Balaban J connectivity index is 3.21. The number of carbonyl (C=O) groups is 2. The second-order valence-electron chi connectivity index (χ2n) is 2.74. The molecule has 5 heteroatoms. The number of rotatable bonds is 7. The molecule has 1 amide bonds. The number of hydrogen-bond acceptors (Lipinski definition) is 4. The molecule has 0 spiro atoms. The molecule has 0 radical (unpaired) electrons. The zero-order valence-electron chi connectivity index (χ0n) is 8.95. The van der Waals surface area contributed by atoms with Crippen LogP contribution in [-0.2, 0) is 14.3 Å². The summed E-state index contributed by atoms with van der Waals surface area (Å²) >= 11 is 0. The number of unbranched alkanes of at least 4 members (excludes halogenated alkanes) is 1. The Labute approximate surface area is 89.4 Å². The van der Waals surface area contributed by atoms with E-state index in [1.54, 1.807) is 0 Å². The normalized spacial score (nSPS) is 9.13. The fourth-order valence-corrected chi connectivity index (χ4v) is 0.796. The molecule has 5 nitrogen and oxygen atoms in total. The number of esters is 1. The summed E-state index contributed by atoms with van der Waals surface area (Å²) in [6, 6.07) is 0. The molecule has 0 heterocycles. The minimum absolute atomic E-state index is 0.323. The van der Waals surface area contributed by atoms with Gasteiger partial charge in [-0.05, 0) is 19.8 Å². The first-order chi connectivity index (χ1) is 7.20. The first-order valence-electron chi connectivity index (χ1n) is 4.90. The predicted molar refractivity (Wildman–Crippen MR) is 55.4 cm³/mol. The van der Waals surface area contributed by atoms with Crippen LogP contribution in [0.2, 0.25) is 0 Å². The molecule has 0 atom stereocenters. The molecule has 0 aromatic rings. The Bertz CT molecular complexity index is 215. The Morgan fingerprint density at radius 2 is 1.87 bits per heavy atom. The number of nitrogens with one attached hydrogen (secondary N) is 1. The monoisotopic (exact) mass is 215 g/mol. The molecule has 0 fully saturated rings. The maximum atomic E-state index is 10.8. The molecule has 0 saturated heterocycles. The molecule has 1 N–H and O–H groups in total. The summed E-state index contributed by atoms with van der Waals surface area (Å²) in [7, 11) is 0. The van der Waals surface area contributed by atoms with Crippen molar-refractivity contribution < 1.29 is 19.1 Å². The van der Waals surface area contributed by atoms with E-state index in [9.17, 15) is 9.59 Å². The van der Waals surface area contributed by atoms with Gasteiger partial charge in [0, 0.05) is 12.6 Å². The third-order valence-corrected chi connectivity index (χ3v) is 1.50. The van der Waals surface area contributed by atoms with Crippen LogP contribution in [0.5, 0.6) is 0 Å². The van der Waals surface area contributed by atoms with Gasteiger partial charge in [-0.3, -0.25) is 0 Å². The van der Waals surface area contributed by atoms with Crippen molar-refractivity contribution in [1.29, 1.82) is 0 Å². The molecule has 0 saturated carbocycles. The minimum atomic E-state index is -0.431. The standard InChI is InChI=1S/C10H17NO4/c1-3-9(12)14-7-5-6-8-15-10(13)11-4-2/h3H,1,4-8H2,2H3,(H,11,13). The van der Waals surface area contributed by atoms with Gasteiger partial charge in [0.2, 0.25) is 0 Å². The van der Waals surface area contributed by atoms with Gasteiger partial charge < -0.3 is 14.8 Å². The highest BCUT2D eigenvalue weighted by Crippen LogP contribution is 1.92. The lowest BCUT2D eigenvalue weighted by Crippen LogP contribution is -2.24. The van der Waals surface area contributed by atoms with E-state index in [2.05, 4.69) is 11.9 Å². The Kier molecular flexibility index (Phi) is 8.13. The molecule has 0 unspecified atom stereocenters. The van der Waals surface area contributed by atoms with Crippen molar-refractivity contribution in [3.63, 3.8) is 0 Å². The van der Waals surface area contributed by atoms with Crippen molar-refractivity contribution in [1.82, 2.24) is 5.32 Å². The third-order valence-electron chi connectivity index (χ3n) is 1.50. The fourth-order valence-electron chi connectivity index (χ4n) is 0.796. The quantitative estimate of drug-likeness (QED) is 0.394. The smallest absolute Gasteiger partial charge is 0.407 e. The Hall–Kier alpha value is -1.52. The van der Waals surface area contributed by atoms with Gasteiger partial charge in [0.1, 0.15) is 0 Å². The molecule has 0 bridgehead atoms. The van der Waals surface area contributed by atoms with Crippen LogP contribution in [0.25, 0.3) is 0 Å². The van der Waals surface area contributed by atoms with Crippen LogP contribution in [0, 0.1) is 0 Å². The van der Waals surface area contributed by atoms with Crippen LogP contribution in [0.1, 0.15) is 19.8 Å². The molecule has 0 aliphatic carbocycles. The molecule has 86 valence electrons. The van der Waals surface area contributed by atoms with E-state index in [0.29, 0.717) is 32.6 Å². The van der Waals surface area contributed by atoms with Crippen molar-refractivity contribution in [2.24, 2.45) is 0 Å². The summed E-state index contributed by atoms with van der Waals surface area (Å²) in [5.41, 5.74) is 0. The van der Waals surface area contributed by atoms with Gasteiger partial charge in [0.25, 0.3) is 0 Å². The topological polar surface area (TPSA) is 64.6 Å². The third kappa shape index (κ3) is 8.80. The van der Waals surface area contributed by atoms with Crippen LogP contribution in [0.3, 0.4) is 0 Å². The van der Waals surface area contributed by atoms with Crippen LogP contribution in [0.15, 0.2) is 12.7 Å². The molecule has 0 aromatic heterocycles. The van der Waals surface area contributed by atoms with Crippen molar-refractivity contribution in [2.45, 2.75) is 19.8 Å². The average Bonchev–Trinajstić information content (AvgIpc) is 2.23. The van der Waals surface area contributed by atoms with E-state index < -0.39 is 12.1 Å². The first-order valence-corrected chi connectivity index (χ1v) is 4.90. The summed E-state index contributed by atoms with van der Waals surface area (Å²) < 4.78 is 9.54. The van der Waals surface area contributed by atoms with Crippen molar-refractivity contribution in [3.8, 4) is 0 Å². The van der Waals surface area contributed by atoms with Crippen molar-refractivity contribution in [2.75, 3.05) is 19.8 Å². The van der Waals surface area contributed by atoms with Gasteiger partial charge in [-0.15, -0.1) is 0 Å². The van der Waals surface area contributed by atoms with E-state index in [1.807, 2.05) is 6.92 Å². The lowest BCUT2D eigenvalue weighted by molar-refractivity contribution is -0.137. The second kappa shape index (κ2) is 9.05. The van der Waals surface area contributed by atoms with Gasteiger partial charge >= 0.3 is 12.1 Å². The van der Waals surface area contributed by atoms with E-state index in [-0.39, 0.29) is 0 Å². The van der Waals surface area contributed by atoms with Crippen LogP contribution < -0.4 is 5.32 Å². The zero-order valence-corrected chi connectivity index (χ0v) is 8.95. The lowest BCUT2D eigenvalue weighted by Gasteiger charge is -2.05. The minimum Gasteiger partial charge on any atom is -0.463 e. The van der Waals surface area contributed by atoms with Gasteiger partial charge in [0.15, 0.2) is 0 Å². The highest BCUT2D eigenvalue weighted by atomic mass is 16.5. The Morgan fingerprint density at radius 3 is 2.40 bits per heavy atom. The fraction of sp³-hybridized carbons (Fsp3) is 0.600. The van der Waals surface area contributed by atoms with Crippen molar-refractivity contribution >= 4 is 12.1 Å². The van der Waals surface area contributed by atoms with E-state index in [4.69, 9.17) is 9.47 Å². The lowest BCUT2D eigenvalue weighted by atomic mass is 10.3. The molecular weight excluding hydrogens is 198 g/mol. The Morgan fingerprint density at radius 1 is 1.27 bits per heavy atom. The van der Waals surface area contributed by atoms with Crippen LogP contribution >= 0.6 is 0 Å². The number of carbonyl (C=O) groups excluding carboxylic acids is 2. The number of alkyl carbamates (subject to hydrolysis) is 1. The molecule has 0 rings (SSSR count). The molecular formula is C10H17NO4. The second-order valence-corrected chi connectivity index (χ2v) is 2.74. The molecule has 15 heavy (non-hydrogen) atoms. The van der Waals surface area contributed by atoms with Crippen LogP contribution in [-0.4, -0.2) is 31.8 Å². The number of hydrogen-bond donors (Lipinski definition) is 1. The van der Waals surface area contributed by atoms with Crippen molar-refractivity contribution in [3.05, 3.63) is 12.7 Å². The largest absolute Gasteiger partial charge is 0.463 e. The molecule has 0 aromatic carbocycles. The maximum Gasteiger partial charge on any atom is 0.407 e. The zero-order chi connectivity index (χ0) is 11.5. The van der Waals surface area contributed by atoms with E-state index in [1.165, 1.54) is 0 Å². The molecule has 0 aliphatic rings. The highest BCUT2D eigenvalue weighted by Gasteiger charge is 1.99. The van der Waals surface area contributed by atoms with Gasteiger partial charge in [0.05, 0.1) is 13.2 Å². The average molecular weight is 215 g/mol. The highest BCUT2D eigenvalue weighted by molar-refractivity contribution is 5.81. The van der Waals surface area contributed by atoms with Gasteiger partial charge in [-0.2, -0.15) is 0 Å². The van der Waals surface area contributed by atoms with Crippen LogP contribution in [0.4, 0.5) is 4.79 Å². The number of ether oxygens (including phenoxy) is 2. The summed E-state index contributed by atoms with van der Waals surface area (Å²) in [5, 5.41) is 2.50. The SMILES string of the molecule is C=CC(=O)OCCCCOC(=O)NCC. The number of amides is 1.